The predicted octanol–water partition coefficient (Wildman–Crippen LogP) is 2.78. The molecule has 3 N–H and O–H groups in total. The zero-order valence-corrected chi connectivity index (χ0v) is 15.8. The maximum atomic E-state index is 11.9. The summed E-state index contributed by atoms with van der Waals surface area (Å²) in [6.45, 7) is 7.48. The fourth-order valence-electron chi connectivity index (χ4n) is 2.57. The van der Waals surface area contributed by atoms with E-state index in [0.29, 0.717) is 19.7 Å². The van der Waals surface area contributed by atoms with Gasteiger partial charge in [0.05, 0.1) is 6.54 Å². The Labute approximate surface area is 154 Å². The number of halogens is 1. The van der Waals surface area contributed by atoms with Crippen LogP contribution < -0.4 is 15.4 Å². The predicted molar refractivity (Wildman–Crippen MR) is 101 cm³/mol. The first-order valence-electron chi connectivity index (χ1n) is 8.51. The lowest BCUT2D eigenvalue weighted by molar-refractivity contribution is -0.682. The third kappa shape index (κ3) is 6.40. The molecular weight excluding hydrogens is 336 g/mol. The van der Waals surface area contributed by atoms with E-state index in [4.69, 9.17) is 16.3 Å². The molecule has 0 aromatic heterocycles. The van der Waals surface area contributed by atoms with Crippen LogP contribution in [0, 0.1) is 13.8 Å². The van der Waals surface area contributed by atoms with Crippen molar-refractivity contribution in [1.82, 2.24) is 5.32 Å². The van der Waals surface area contributed by atoms with E-state index in [1.807, 2.05) is 48.6 Å². The van der Waals surface area contributed by atoms with Crippen molar-refractivity contribution in [2.75, 3.05) is 19.7 Å². The van der Waals surface area contributed by atoms with Crippen molar-refractivity contribution < 1.29 is 14.8 Å². The lowest BCUT2D eigenvalue weighted by Gasteiger charge is -2.12. The summed E-state index contributed by atoms with van der Waals surface area (Å²) in [4.78, 5) is 11.9. The second kappa shape index (κ2) is 9.44. The van der Waals surface area contributed by atoms with Crippen LogP contribution in [0.2, 0.25) is 5.02 Å². The van der Waals surface area contributed by atoms with Crippen molar-refractivity contribution in [3.63, 3.8) is 0 Å². The molecule has 0 aliphatic carbocycles. The molecule has 1 amide bonds. The van der Waals surface area contributed by atoms with E-state index in [2.05, 4.69) is 25.2 Å². The van der Waals surface area contributed by atoms with Crippen LogP contribution in [0.1, 0.15) is 29.7 Å². The van der Waals surface area contributed by atoms with Gasteiger partial charge in [0.2, 0.25) is 0 Å². The number of hydrogen-bond donors (Lipinski definition) is 2. The average Bonchev–Trinajstić information content (AvgIpc) is 2.58. The number of carbonyl (C=O) groups is 1. The van der Waals surface area contributed by atoms with E-state index in [9.17, 15) is 4.79 Å². The van der Waals surface area contributed by atoms with E-state index < -0.39 is 0 Å². The summed E-state index contributed by atoms with van der Waals surface area (Å²) in [6.07, 6.45) is 0. The number of benzene rings is 2. The molecule has 2 aromatic rings. The quantitative estimate of drug-likeness (QED) is 0.710. The van der Waals surface area contributed by atoms with Crippen LogP contribution in [-0.2, 0) is 4.79 Å². The molecule has 4 nitrogen and oxygen atoms in total. The summed E-state index contributed by atoms with van der Waals surface area (Å²) in [6, 6.07) is 14.0. The number of ether oxygens (including phenoxy) is 1. The highest BCUT2D eigenvalue weighted by atomic mass is 35.5. The van der Waals surface area contributed by atoms with Gasteiger partial charge in [0.1, 0.15) is 18.4 Å². The van der Waals surface area contributed by atoms with Crippen LogP contribution >= 0.6 is 11.6 Å². The summed E-state index contributed by atoms with van der Waals surface area (Å²) in [5.74, 6) is 0.868. The van der Waals surface area contributed by atoms with Crippen molar-refractivity contribution in [3.05, 3.63) is 64.2 Å². The maximum Gasteiger partial charge on any atom is 0.275 e. The normalized spacial score (nSPS) is 11.8. The van der Waals surface area contributed by atoms with Crippen LogP contribution in [0.4, 0.5) is 0 Å². The Hall–Kier alpha value is -2.04. The SMILES string of the molecule is Cc1ccc(OCCNC(=O)C[NH2+][C@@H](C)c2ccc(Cl)cc2)c(C)c1. The lowest BCUT2D eigenvalue weighted by Crippen LogP contribution is -2.87. The molecule has 2 aromatic carbocycles. The summed E-state index contributed by atoms with van der Waals surface area (Å²) >= 11 is 5.89. The van der Waals surface area contributed by atoms with E-state index in [-0.39, 0.29) is 11.9 Å². The van der Waals surface area contributed by atoms with E-state index in [1.165, 1.54) is 5.56 Å². The summed E-state index contributed by atoms with van der Waals surface area (Å²) in [5, 5.41) is 5.61. The van der Waals surface area contributed by atoms with Crippen LogP contribution in [0.3, 0.4) is 0 Å². The Morgan fingerprint density at radius 2 is 1.92 bits per heavy atom. The van der Waals surface area contributed by atoms with Gasteiger partial charge in [0.15, 0.2) is 6.54 Å². The molecule has 0 fully saturated rings. The number of nitrogens with two attached hydrogens (primary N) is 1. The average molecular weight is 362 g/mol. The zero-order chi connectivity index (χ0) is 18.2. The molecule has 0 aliphatic heterocycles. The molecule has 2 rings (SSSR count). The smallest absolute Gasteiger partial charge is 0.275 e. The van der Waals surface area contributed by atoms with Gasteiger partial charge in [-0.1, -0.05) is 41.4 Å². The molecule has 1 atom stereocenters. The van der Waals surface area contributed by atoms with Crippen molar-refractivity contribution >= 4 is 17.5 Å². The fourth-order valence-corrected chi connectivity index (χ4v) is 2.70. The monoisotopic (exact) mass is 361 g/mol. The zero-order valence-electron chi connectivity index (χ0n) is 15.0. The van der Waals surface area contributed by atoms with Gasteiger partial charge in [-0.15, -0.1) is 0 Å². The summed E-state index contributed by atoms with van der Waals surface area (Å²) in [5.41, 5.74) is 3.47. The number of hydrogen-bond acceptors (Lipinski definition) is 2. The van der Waals surface area contributed by atoms with Gasteiger partial charge in [-0.3, -0.25) is 4.79 Å². The van der Waals surface area contributed by atoms with Gasteiger partial charge in [0, 0.05) is 10.6 Å². The number of nitrogens with one attached hydrogen (secondary N) is 1. The third-order valence-corrected chi connectivity index (χ3v) is 4.32. The molecule has 0 spiro atoms. The van der Waals surface area contributed by atoms with Crippen LogP contribution in [0.15, 0.2) is 42.5 Å². The Balaban J connectivity index is 1.66. The standard InChI is InChI=1S/C20H25ClN2O2/c1-14-4-9-19(15(2)12-14)25-11-10-22-20(24)13-23-16(3)17-5-7-18(21)8-6-17/h4-9,12,16,23H,10-11,13H2,1-3H3,(H,22,24)/p+1/t16-/m0/s1. The lowest BCUT2D eigenvalue weighted by atomic mass is 10.1. The van der Waals surface area contributed by atoms with Crippen molar-refractivity contribution in [2.24, 2.45) is 0 Å². The minimum Gasteiger partial charge on any atom is -0.491 e. The molecular formula is C20H26ClN2O2+. The first kappa shape index (κ1) is 19.3. The van der Waals surface area contributed by atoms with Crippen LogP contribution in [0.5, 0.6) is 5.75 Å². The number of amides is 1. The van der Waals surface area contributed by atoms with Gasteiger partial charge in [-0.2, -0.15) is 0 Å². The van der Waals surface area contributed by atoms with Crippen LogP contribution in [-0.4, -0.2) is 25.6 Å². The van der Waals surface area contributed by atoms with Gasteiger partial charge < -0.3 is 15.4 Å². The molecule has 25 heavy (non-hydrogen) atoms. The van der Waals surface area contributed by atoms with E-state index in [0.717, 1.165) is 21.9 Å². The van der Waals surface area contributed by atoms with Crippen molar-refractivity contribution in [2.45, 2.75) is 26.8 Å². The van der Waals surface area contributed by atoms with Crippen molar-refractivity contribution in [3.8, 4) is 5.75 Å². The first-order chi connectivity index (χ1) is 12.0. The summed E-state index contributed by atoms with van der Waals surface area (Å²) < 4.78 is 5.71. The topological polar surface area (TPSA) is 54.9 Å². The molecule has 0 saturated heterocycles. The van der Waals surface area contributed by atoms with Gasteiger partial charge in [-0.25, -0.2) is 0 Å². The van der Waals surface area contributed by atoms with Gasteiger partial charge in [0.25, 0.3) is 5.91 Å². The Kier molecular flexibility index (Phi) is 7.29. The number of aryl methyl sites for hydroxylation is 2. The highest BCUT2D eigenvalue weighted by molar-refractivity contribution is 6.30. The number of rotatable bonds is 8. The van der Waals surface area contributed by atoms with Gasteiger partial charge in [-0.05, 0) is 44.5 Å². The number of carbonyl (C=O) groups excluding carboxylic acids is 1. The van der Waals surface area contributed by atoms with Crippen LogP contribution in [0.25, 0.3) is 0 Å². The molecule has 0 radical (unpaired) electrons. The minimum absolute atomic E-state index is 0.00467. The maximum absolute atomic E-state index is 11.9. The molecule has 134 valence electrons. The minimum atomic E-state index is 0.00467. The third-order valence-electron chi connectivity index (χ3n) is 4.06. The molecule has 0 bridgehead atoms. The summed E-state index contributed by atoms with van der Waals surface area (Å²) in [7, 11) is 0. The second-order valence-electron chi connectivity index (χ2n) is 6.25. The molecule has 0 unspecified atom stereocenters. The highest BCUT2D eigenvalue weighted by Gasteiger charge is 2.11. The van der Waals surface area contributed by atoms with E-state index >= 15 is 0 Å². The van der Waals surface area contributed by atoms with Crippen molar-refractivity contribution in [1.29, 1.82) is 0 Å². The van der Waals surface area contributed by atoms with E-state index in [1.54, 1.807) is 0 Å². The Morgan fingerprint density at radius 1 is 1.20 bits per heavy atom. The largest absolute Gasteiger partial charge is 0.491 e. The first-order valence-corrected chi connectivity index (χ1v) is 8.89. The Morgan fingerprint density at radius 3 is 2.60 bits per heavy atom. The molecule has 0 saturated carbocycles. The molecule has 0 heterocycles. The Bertz CT molecular complexity index is 701. The fraction of sp³-hybridized carbons (Fsp3) is 0.350. The molecule has 0 aliphatic rings. The highest BCUT2D eigenvalue weighted by Crippen LogP contribution is 2.18. The molecule has 5 heteroatoms. The number of quaternary nitrogens is 1. The van der Waals surface area contributed by atoms with Gasteiger partial charge >= 0.3 is 0 Å². The second-order valence-corrected chi connectivity index (χ2v) is 6.68.